The Kier molecular flexibility index (Phi) is 3.13. The van der Waals surface area contributed by atoms with Crippen molar-refractivity contribution in [1.29, 1.82) is 0 Å². The number of nitrogens with zero attached hydrogens (tertiary/aromatic N) is 1. The van der Waals surface area contributed by atoms with Crippen LogP contribution in [0.3, 0.4) is 0 Å². The van der Waals surface area contributed by atoms with Gasteiger partial charge in [0.05, 0.1) is 10.4 Å². The number of hydrogen-bond acceptors (Lipinski definition) is 0. The van der Waals surface area contributed by atoms with Crippen LogP contribution in [0.25, 0.3) is 10.9 Å². The SMILES string of the molecule is C[n+]1cc(CCCl)c(Cl)c2ccccc21. The molecule has 0 amide bonds. The molecule has 0 unspecified atom stereocenters. The minimum absolute atomic E-state index is 0.595. The Morgan fingerprint density at radius 3 is 2.73 bits per heavy atom. The predicted octanol–water partition coefficient (Wildman–Crippen LogP) is 3.10. The van der Waals surface area contributed by atoms with E-state index in [0.29, 0.717) is 5.88 Å². The lowest BCUT2D eigenvalue weighted by Gasteiger charge is -2.04. The molecule has 0 N–H and O–H groups in total. The topological polar surface area (TPSA) is 3.88 Å². The molecule has 0 saturated carbocycles. The van der Waals surface area contributed by atoms with Crippen molar-refractivity contribution in [3.05, 3.63) is 41.0 Å². The second kappa shape index (κ2) is 4.38. The molecule has 0 bridgehead atoms. The van der Waals surface area contributed by atoms with Crippen LogP contribution in [0.15, 0.2) is 30.5 Å². The maximum Gasteiger partial charge on any atom is 0.213 e. The molecule has 0 aliphatic carbocycles. The molecule has 0 saturated heterocycles. The maximum atomic E-state index is 6.32. The molecular formula is C12H12Cl2N+. The number of benzene rings is 1. The molecule has 0 atom stereocenters. The van der Waals surface area contributed by atoms with Crippen LogP contribution in [0, 0.1) is 0 Å². The van der Waals surface area contributed by atoms with Gasteiger partial charge in [0.1, 0.15) is 7.05 Å². The summed E-state index contributed by atoms with van der Waals surface area (Å²) in [5, 5.41) is 1.91. The van der Waals surface area contributed by atoms with Crippen LogP contribution in [0.4, 0.5) is 0 Å². The molecule has 15 heavy (non-hydrogen) atoms. The zero-order valence-electron chi connectivity index (χ0n) is 8.50. The van der Waals surface area contributed by atoms with E-state index in [-0.39, 0.29) is 0 Å². The fraction of sp³-hybridized carbons (Fsp3) is 0.250. The average Bonchev–Trinajstić information content (AvgIpc) is 2.26. The van der Waals surface area contributed by atoms with Crippen LogP contribution < -0.4 is 4.57 Å². The normalized spacial score (nSPS) is 10.9. The number of alkyl halides is 1. The molecule has 1 aromatic carbocycles. The number of para-hydroxylation sites is 1. The zero-order valence-corrected chi connectivity index (χ0v) is 10.0. The summed E-state index contributed by atoms with van der Waals surface area (Å²) in [6.45, 7) is 0. The summed E-state index contributed by atoms with van der Waals surface area (Å²) in [5.74, 6) is 0.595. The molecule has 2 rings (SSSR count). The summed E-state index contributed by atoms with van der Waals surface area (Å²) in [6.07, 6.45) is 2.85. The molecule has 2 aromatic rings. The molecule has 0 aliphatic heterocycles. The molecule has 0 aliphatic rings. The maximum absolute atomic E-state index is 6.32. The van der Waals surface area contributed by atoms with Crippen LogP contribution in [0.2, 0.25) is 5.02 Å². The van der Waals surface area contributed by atoms with Crippen molar-refractivity contribution in [1.82, 2.24) is 0 Å². The van der Waals surface area contributed by atoms with Gasteiger partial charge in [-0.25, -0.2) is 4.57 Å². The Labute approximate surface area is 99.2 Å². The van der Waals surface area contributed by atoms with Crippen molar-refractivity contribution < 1.29 is 4.57 Å². The molecule has 0 spiro atoms. The number of aromatic nitrogens is 1. The Morgan fingerprint density at radius 1 is 1.27 bits per heavy atom. The van der Waals surface area contributed by atoms with Gasteiger partial charge in [0.25, 0.3) is 0 Å². The Morgan fingerprint density at radius 2 is 2.00 bits per heavy atom. The van der Waals surface area contributed by atoms with E-state index in [1.54, 1.807) is 0 Å². The van der Waals surface area contributed by atoms with Gasteiger partial charge in [-0.05, 0) is 12.5 Å². The lowest BCUT2D eigenvalue weighted by Crippen LogP contribution is -2.29. The van der Waals surface area contributed by atoms with Gasteiger partial charge in [-0.15, -0.1) is 11.6 Å². The fourth-order valence-electron chi connectivity index (χ4n) is 1.78. The first kappa shape index (κ1) is 10.7. The molecule has 1 aromatic heterocycles. The number of aryl methyl sites for hydroxylation is 2. The molecular weight excluding hydrogens is 229 g/mol. The van der Waals surface area contributed by atoms with Gasteiger partial charge in [-0.2, -0.15) is 0 Å². The number of rotatable bonds is 2. The summed E-state index contributed by atoms with van der Waals surface area (Å²) in [7, 11) is 2.02. The van der Waals surface area contributed by atoms with E-state index in [1.807, 2.05) is 31.4 Å². The van der Waals surface area contributed by atoms with E-state index in [0.717, 1.165) is 27.9 Å². The minimum Gasteiger partial charge on any atom is -0.201 e. The third-order valence-corrected chi connectivity index (χ3v) is 3.15. The van der Waals surface area contributed by atoms with Crippen LogP contribution in [0.1, 0.15) is 5.56 Å². The highest BCUT2D eigenvalue weighted by Crippen LogP contribution is 2.24. The molecule has 0 fully saturated rings. The summed E-state index contributed by atoms with van der Waals surface area (Å²) in [6, 6.07) is 8.11. The number of pyridine rings is 1. The van der Waals surface area contributed by atoms with Gasteiger partial charge in [0, 0.05) is 17.5 Å². The molecule has 78 valence electrons. The molecule has 0 radical (unpaired) electrons. The second-order valence-electron chi connectivity index (χ2n) is 3.54. The Balaban J connectivity index is 2.72. The van der Waals surface area contributed by atoms with Crippen LogP contribution in [-0.4, -0.2) is 5.88 Å². The van der Waals surface area contributed by atoms with Gasteiger partial charge >= 0.3 is 0 Å². The van der Waals surface area contributed by atoms with Crippen molar-refractivity contribution >= 4 is 34.1 Å². The van der Waals surface area contributed by atoms with Crippen LogP contribution >= 0.6 is 23.2 Å². The Bertz CT molecular complexity index is 494. The van der Waals surface area contributed by atoms with E-state index >= 15 is 0 Å². The summed E-state index contributed by atoms with van der Waals surface area (Å²) >= 11 is 12.1. The highest BCUT2D eigenvalue weighted by atomic mass is 35.5. The lowest BCUT2D eigenvalue weighted by molar-refractivity contribution is -0.645. The average molecular weight is 241 g/mol. The third kappa shape index (κ3) is 1.95. The summed E-state index contributed by atoms with van der Waals surface area (Å²) in [5.41, 5.74) is 2.24. The van der Waals surface area contributed by atoms with Crippen molar-refractivity contribution in [3.8, 4) is 0 Å². The highest BCUT2D eigenvalue weighted by molar-refractivity contribution is 6.36. The Hall–Kier alpha value is -0.790. The van der Waals surface area contributed by atoms with Crippen LogP contribution in [0.5, 0.6) is 0 Å². The number of halogens is 2. The highest BCUT2D eigenvalue weighted by Gasteiger charge is 2.13. The third-order valence-electron chi connectivity index (χ3n) is 2.52. The van der Waals surface area contributed by atoms with Gasteiger partial charge in [0.2, 0.25) is 5.52 Å². The zero-order chi connectivity index (χ0) is 10.8. The lowest BCUT2D eigenvalue weighted by atomic mass is 10.1. The standard InChI is InChI=1S/C12H12Cl2N/c1-15-8-9(6-7-13)12(14)10-4-2-3-5-11(10)15/h2-5,8H,6-7H2,1H3/q+1. The number of hydrogen-bond donors (Lipinski definition) is 0. The first-order valence-electron chi connectivity index (χ1n) is 4.85. The van der Waals surface area contributed by atoms with Gasteiger partial charge in [0.15, 0.2) is 6.20 Å². The van der Waals surface area contributed by atoms with Crippen molar-refractivity contribution in [2.24, 2.45) is 7.05 Å². The van der Waals surface area contributed by atoms with E-state index in [2.05, 4.69) is 10.6 Å². The molecule has 3 heteroatoms. The largest absolute Gasteiger partial charge is 0.213 e. The first-order valence-corrected chi connectivity index (χ1v) is 5.77. The monoisotopic (exact) mass is 240 g/mol. The summed E-state index contributed by atoms with van der Waals surface area (Å²) in [4.78, 5) is 0. The van der Waals surface area contributed by atoms with E-state index in [1.165, 1.54) is 0 Å². The van der Waals surface area contributed by atoms with Gasteiger partial charge in [-0.1, -0.05) is 23.7 Å². The van der Waals surface area contributed by atoms with Crippen molar-refractivity contribution in [2.45, 2.75) is 6.42 Å². The van der Waals surface area contributed by atoms with Gasteiger partial charge in [-0.3, -0.25) is 0 Å². The minimum atomic E-state index is 0.595. The van der Waals surface area contributed by atoms with Gasteiger partial charge < -0.3 is 0 Å². The fourth-order valence-corrected chi connectivity index (χ4v) is 2.28. The summed E-state index contributed by atoms with van der Waals surface area (Å²) < 4.78 is 2.09. The predicted molar refractivity (Wildman–Crippen MR) is 64.6 cm³/mol. The van der Waals surface area contributed by atoms with Crippen molar-refractivity contribution in [2.75, 3.05) is 5.88 Å². The molecule has 1 heterocycles. The van der Waals surface area contributed by atoms with Crippen molar-refractivity contribution in [3.63, 3.8) is 0 Å². The van der Waals surface area contributed by atoms with E-state index in [9.17, 15) is 0 Å². The smallest absolute Gasteiger partial charge is 0.201 e. The first-order chi connectivity index (χ1) is 7.24. The van der Waals surface area contributed by atoms with Crippen LogP contribution in [-0.2, 0) is 13.5 Å². The second-order valence-corrected chi connectivity index (χ2v) is 4.29. The molecule has 1 nitrogen and oxygen atoms in total. The van der Waals surface area contributed by atoms with E-state index in [4.69, 9.17) is 23.2 Å². The quantitative estimate of drug-likeness (QED) is 0.562. The van der Waals surface area contributed by atoms with E-state index < -0.39 is 0 Å². The number of fused-ring (bicyclic) bond motifs is 1.